The molecule has 0 radical (unpaired) electrons. The van der Waals surface area contributed by atoms with Crippen LogP contribution in [0.25, 0.3) is 0 Å². The first-order valence-corrected chi connectivity index (χ1v) is 4.94. The average Bonchev–Trinajstić information content (AvgIpc) is 3.00. The van der Waals surface area contributed by atoms with Crippen molar-refractivity contribution in [3.63, 3.8) is 0 Å². The number of aromatic amines is 1. The van der Waals surface area contributed by atoms with E-state index in [1.165, 1.54) is 17.1 Å². The maximum Gasteiger partial charge on any atom is 0.358 e. The number of aromatic carboxylic acids is 1. The van der Waals surface area contributed by atoms with Gasteiger partial charge in [0.15, 0.2) is 11.4 Å². The molecule has 2 heterocycles. The number of carboxylic acid groups (broad SMARTS) is 1. The Labute approximate surface area is 100.0 Å². The molecule has 10 nitrogen and oxygen atoms in total. The summed E-state index contributed by atoms with van der Waals surface area (Å²) in [7, 11) is 0. The monoisotopic (exact) mass is 251 g/mol. The largest absolute Gasteiger partial charge is 0.476 e. The Bertz CT molecular complexity index is 547. The molecule has 94 valence electrons. The molecule has 3 N–H and O–H groups in total. The van der Waals surface area contributed by atoms with Crippen molar-refractivity contribution in [1.29, 1.82) is 0 Å². The van der Waals surface area contributed by atoms with Crippen LogP contribution in [0.3, 0.4) is 0 Å². The summed E-state index contributed by atoms with van der Waals surface area (Å²) in [6, 6.07) is 0. The highest BCUT2D eigenvalue weighted by Gasteiger charge is 2.09. The van der Waals surface area contributed by atoms with Crippen LogP contribution < -0.4 is 5.32 Å². The van der Waals surface area contributed by atoms with Crippen LogP contribution >= 0.6 is 0 Å². The molecule has 0 saturated carbocycles. The minimum atomic E-state index is -1.15. The van der Waals surface area contributed by atoms with Gasteiger partial charge in [-0.1, -0.05) is 5.21 Å². The molecule has 18 heavy (non-hydrogen) atoms. The van der Waals surface area contributed by atoms with Crippen molar-refractivity contribution in [1.82, 2.24) is 35.7 Å². The van der Waals surface area contributed by atoms with Gasteiger partial charge in [-0.15, -0.1) is 5.10 Å². The van der Waals surface area contributed by atoms with Crippen LogP contribution in [0, 0.1) is 0 Å². The number of carbonyl (C=O) groups is 2. The van der Waals surface area contributed by atoms with E-state index in [0.29, 0.717) is 6.54 Å². The molecule has 0 aromatic carbocycles. The Balaban J connectivity index is 1.81. The third-order valence-corrected chi connectivity index (χ3v) is 2.03. The van der Waals surface area contributed by atoms with Crippen LogP contribution in [0.15, 0.2) is 12.4 Å². The Hall–Kier alpha value is -2.78. The van der Waals surface area contributed by atoms with Crippen molar-refractivity contribution in [2.75, 3.05) is 6.54 Å². The van der Waals surface area contributed by atoms with Crippen LogP contribution in [-0.2, 0) is 6.54 Å². The fourth-order valence-corrected chi connectivity index (χ4v) is 1.19. The number of nitrogens with zero attached hydrogens (tertiary/aromatic N) is 5. The molecule has 0 bridgehead atoms. The van der Waals surface area contributed by atoms with Gasteiger partial charge in [0.05, 0.1) is 18.9 Å². The molecule has 2 aromatic rings. The van der Waals surface area contributed by atoms with E-state index in [2.05, 4.69) is 31.0 Å². The highest BCUT2D eigenvalue weighted by molar-refractivity contribution is 5.91. The Kier molecular flexibility index (Phi) is 3.27. The summed E-state index contributed by atoms with van der Waals surface area (Å²) in [6.45, 7) is 0.581. The fraction of sp³-hybridized carbons (Fsp3) is 0.250. The molecular weight excluding hydrogens is 242 g/mol. The molecule has 0 saturated heterocycles. The number of aromatic nitrogens is 6. The molecule has 10 heteroatoms. The molecule has 0 aliphatic carbocycles. The van der Waals surface area contributed by atoms with Gasteiger partial charge in [0.1, 0.15) is 0 Å². The maximum absolute atomic E-state index is 11.4. The zero-order valence-corrected chi connectivity index (χ0v) is 9.07. The summed E-state index contributed by atoms with van der Waals surface area (Å²) in [5.41, 5.74) is 0.0395. The molecule has 0 aliphatic heterocycles. The molecular formula is C8H9N7O3. The van der Waals surface area contributed by atoms with Gasteiger partial charge in [-0.05, 0) is 0 Å². The van der Waals surface area contributed by atoms with Crippen molar-refractivity contribution in [3.8, 4) is 0 Å². The number of hydrogen-bond donors (Lipinski definition) is 3. The number of carbonyl (C=O) groups excluding carboxylic acids is 1. The highest BCUT2D eigenvalue weighted by Crippen LogP contribution is 1.92. The van der Waals surface area contributed by atoms with E-state index >= 15 is 0 Å². The summed E-state index contributed by atoms with van der Waals surface area (Å²) in [4.78, 5) is 22.0. The van der Waals surface area contributed by atoms with E-state index in [-0.39, 0.29) is 23.8 Å². The van der Waals surface area contributed by atoms with Gasteiger partial charge >= 0.3 is 5.97 Å². The van der Waals surface area contributed by atoms with Gasteiger partial charge in [0.25, 0.3) is 5.91 Å². The van der Waals surface area contributed by atoms with Gasteiger partial charge in [-0.25, -0.2) is 9.48 Å². The van der Waals surface area contributed by atoms with Crippen molar-refractivity contribution >= 4 is 11.9 Å². The second-order valence-corrected chi connectivity index (χ2v) is 3.28. The molecule has 0 atom stereocenters. The van der Waals surface area contributed by atoms with Crippen molar-refractivity contribution in [2.24, 2.45) is 0 Å². The first-order chi connectivity index (χ1) is 8.66. The lowest BCUT2D eigenvalue weighted by atomic mass is 10.4. The van der Waals surface area contributed by atoms with Gasteiger partial charge in [-0.2, -0.15) is 15.4 Å². The first-order valence-electron chi connectivity index (χ1n) is 4.94. The Morgan fingerprint density at radius 3 is 2.89 bits per heavy atom. The molecule has 0 fully saturated rings. The number of nitrogens with one attached hydrogen (secondary N) is 2. The SMILES string of the molecule is O=C(O)c1cn(CCNC(=O)c2cn[nH]n2)nn1. The van der Waals surface area contributed by atoms with E-state index in [1.54, 1.807) is 0 Å². The minimum Gasteiger partial charge on any atom is -0.476 e. The van der Waals surface area contributed by atoms with E-state index in [0.717, 1.165) is 0 Å². The Morgan fingerprint density at radius 1 is 1.44 bits per heavy atom. The van der Waals surface area contributed by atoms with Crippen LogP contribution in [0.2, 0.25) is 0 Å². The molecule has 0 aliphatic rings. The topological polar surface area (TPSA) is 139 Å². The van der Waals surface area contributed by atoms with E-state index < -0.39 is 5.97 Å². The fourth-order valence-electron chi connectivity index (χ4n) is 1.19. The zero-order valence-electron chi connectivity index (χ0n) is 9.07. The number of carboxylic acids is 1. The maximum atomic E-state index is 11.4. The smallest absolute Gasteiger partial charge is 0.358 e. The Morgan fingerprint density at radius 2 is 2.28 bits per heavy atom. The summed E-state index contributed by atoms with van der Waals surface area (Å²) >= 11 is 0. The standard InChI is InChI=1S/C8H9N7O3/c16-7(5-3-10-13-11-5)9-1-2-15-4-6(8(17)18)12-14-15/h3-4H,1-2H2,(H,9,16)(H,17,18)(H,10,11,13). The third-order valence-electron chi connectivity index (χ3n) is 2.03. The van der Waals surface area contributed by atoms with E-state index in [1.807, 2.05) is 0 Å². The number of hydrogen-bond acceptors (Lipinski definition) is 6. The highest BCUT2D eigenvalue weighted by atomic mass is 16.4. The lowest BCUT2D eigenvalue weighted by Gasteiger charge is -2.01. The molecule has 0 spiro atoms. The predicted octanol–water partition coefficient (Wildman–Crippen LogP) is -1.48. The molecule has 2 rings (SSSR count). The normalized spacial score (nSPS) is 10.2. The van der Waals surface area contributed by atoms with Crippen molar-refractivity contribution in [2.45, 2.75) is 6.54 Å². The average molecular weight is 251 g/mol. The molecule has 2 aromatic heterocycles. The van der Waals surface area contributed by atoms with Crippen LogP contribution in [0.4, 0.5) is 0 Å². The molecule has 1 amide bonds. The summed E-state index contributed by atoms with van der Waals surface area (Å²) < 4.78 is 1.33. The van der Waals surface area contributed by atoms with Gasteiger partial charge < -0.3 is 10.4 Å². The predicted molar refractivity (Wildman–Crippen MR) is 55.7 cm³/mol. The second kappa shape index (κ2) is 5.03. The summed E-state index contributed by atoms with van der Waals surface area (Å²) in [5, 5.41) is 27.7. The van der Waals surface area contributed by atoms with Gasteiger partial charge in [0, 0.05) is 6.54 Å². The van der Waals surface area contributed by atoms with E-state index in [9.17, 15) is 9.59 Å². The number of amides is 1. The van der Waals surface area contributed by atoms with E-state index in [4.69, 9.17) is 5.11 Å². The lowest BCUT2D eigenvalue weighted by molar-refractivity contribution is 0.0690. The number of H-pyrrole nitrogens is 1. The quantitative estimate of drug-likeness (QED) is 0.589. The van der Waals surface area contributed by atoms with Crippen LogP contribution in [0.1, 0.15) is 21.0 Å². The zero-order chi connectivity index (χ0) is 13.0. The van der Waals surface area contributed by atoms with Gasteiger partial charge in [-0.3, -0.25) is 4.79 Å². The van der Waals surface area contributed by atoms with Crippen LogP contribution in [-0.4, -0.2) is 53.9 Å². The van der Waals surface area contributed by atoms with Crippen molar-refractivity contribution in [3.05, 3.63) is 23.8 Å². The lowest BCUT2D eigenvalue weighted by Crippen LogP contribution is -2.27. The third kappa shape index (κ3) is 2.66. The minimum absolute atomic E-state index is 0.141. The number of rotatable bonds is 5. The van der Waals surface area contributed by atoms with Crippen molar-refractivity contribution < 1.29 is 14.7 Å². The summed E-state index contributed by atoms with van der Waals surface area (Å²) in [6.07, 6.45) is 2.58. The van der Waals surface area contributed by atoms with Crippen LogP contribution in [0.5, 0.6) is 0 Å². The summed E-state index contributed by atoms with van der Waals surface area (Å²) in [5.74, 6) is -1.52. The first kappa shape index (κ1) is 11.7. The second-order valence-electron chi connectivity index (χ2n) is 3.28. The van der Waals surface area contributed by atoms with Gasteiger partial charge in [0.2, 0.25) is 0 Å². The molecule has 0 unspecified atom stereocenters.